The van der Waals surface area contributed by atoms with E-state index in [9.17, 15) is 0 Å². The maximum atomic E-state index is 8.39. The fraction of sp³-hybridized carbons (Fsp3) is 0.875. The molecule has 0 aromatic heterocycles. The molecular weight excluding hydrogens is 112 g/mol. The lowest BCUT2D eigenvalue weighted by atomic mass is 10.1. The largest absolute Gasteiger partial charge is 0.396 e. The molecule has 0 aliphatic rings. The van der Waals surface area contributed by atoms with E-state index in [0.717, 1.165) is 6.42 Å². The van der Waals surface area contributed by atoms with E-state index < -0.39 is 0 Å². The molecule has 0 aromatic rings. The van der Waals surface area contributed by atoms with Crippen LogP contribution in [-0.2, 0) is 0 Å². The van der Waals surface area contributed by atoms with Crippen LogP contribution in [-0.4, -0.2) is 11.7 Å². The lowest BCUT2D eigenvalue weighted by molar-refractivity contribution is 0.296. The molecule has 0 amide bonds. The van der Waals surface area contributed by atoms with Crippen molar-refractivity contribution in [2.45, 2.75) is 39.0 Å². The molecule has 0 bridgehead atoms. The highest BCUT2D eigenvalue weighted by Gasteiger charge is 1.86. The first-order chi connectivity index (χ1) is 4.41. The molecule has 0 aliphatic carbocycles. The minimum atomic E-state index is 0.312. The number of aliphatic hydroxyl groups is 1. The van der Waals surface area contributed by atoms with Crippen LogP contribution in [0.4, 0.5) is 0 Å². The molecular formula is C8H17O. The van der Waals surface area contributed by atoms with Gasteiger partial charge in [0.25, 0.3) is 0 Å². The third-order valence-corrected chi connectivity index (χ3v) is 1.35. The second kappa shape index (κ2) is 7.96. The minimum absolute atomic E-state index is 0.312. The van der Waals surface area contributed by atoms with Crippen molar-refractivity contribution in [3.63, 3.8) is 0 Å². The molecule has 55 valence electrons. The van der Waals surface area contributed by atoms with Gasteiger partial charge in [0.2, 0.25) is 0 Å². The average molecular weight is 129 g/mol. The zero-order valence-electron chi connectivity index (χ0n) is 6.27. The monoisotopic (exact) mass is 129 g/mol. The molecule has 0 unspecified atom stereocenters. The molecule has 1 radical (unpaired) electrons. The van der Waals surface area contributed by atoms with Gasteiger partial charge in [-0.2, -0.15) is 0 Å². The van der Waals surface area contributed by atoms with E-state index in [2.05, 4.69) is 13.3 Å². The van der Waals surface area contributed by atoms with Gasteiger partial charge in [0.05, 0.1) is 0 Å². The van der Waals surface area contributed by atoms with Crippen molar-refractivity contribution in [2.75, 3.05) is 6.61 Å². The predicted molar refractivity (Wildman–Crippen MR) is 40.1 cm³/mol. The predicted octanol–water partition coefficient (Wildman–Crippen LogP) is 2.15. The lowest BCUT2D eigenvalue weighted by Crippen LogP contribution is -1.83. The van der Waals surface area contributed by atoms with Gasteiger partial charge >= 0.3 is 0 Å². The van der Waals surface area contributed by atoms with Gasteiger partial charge in [0, 0.05) is 6.61 Å². The number of rotatable bonds is 6. The zero-order valence-corrected chi connectivity index (χ0v) is 6.27. The molecule has 0 spiro atoms. The first kappa shape index (κ1) is 8.96. The van der Waals surface area contributed by atoms with Crippen LogP contribution in [0.25, 0.3) is 0 Å². The highest BCUT2D eigenvalue weighted by atomic mass is 16.2. The minimum Gasteiger partial charge on any atom is -0.396 e. The van der Waals surface area contributed by atoms with Crippen molar-refractivity contribution in [1.29, 1.82) is 0 Å². The Morgan fingerprint density at radius 3 is 2.56 bits per heavy atom. The summed E-state index contributed by atoms with van der Waals surface area (Å²) in [5.74, 6) is 0. The van der Waals surface area contributed by atoms with Gasteiger partial charge in [-0.25, -0.2) is 0 Å². The van der Waals surface area contributed by atoms with Gasteiger partial charge in [0.15, 0.2) is 0 Å². The van der Waals surface area contributed by atoms with Gasteiger partial charge in [0.1, 0.15) is 0 Å². The van der Waals surface area contributed by atoms with Gasteiger partial charge in [-0.1, -0.05) is 32.6 Å². The maximum absolute atomic E-state index is 8.39. The molecule has 0 heterocycles. The van der Waals surface area contributed by atoms with Crippen molar-refractivity contribution in [1.82, 2.24) is 0 Å². The average Bonchev–Trinajstić information content (AvgIpc) is 1.89. The van der Waals surface area contributed by atoms with E-state index in [1.807, 2.05) is 0 Å². The number of unbranched alkanes of at least 4 members (excludes halogenated alkanes) is 5. The molecule has 9 heavy (non-hydrogen) atoms. The summed E-state index contributed by atoms with van der Waals surface area (Å²) >= 11 is 0. The molecule has 0 aliphatic heterocycles. The Morgan fingerprint density at radius 2 is 2.00 bits per heavy atom. The third-order valence-electron chi connectivity index (χ3n) is 1.35. The molecule has 0 saturated carbocycles. The van der Waals surface area contributed by atoms with Crippen molar-refractivity contribution in [3.05, 3.63) is 6.42 Å². The van der Waals surface area contributed by atoms with Crippen LogP contribution in [0.5, 0.6) is 0 Å². The van der Waals surface area contributed by atoms with Crippen LogP contribution in [0.2, 0.25) is 0 Å². The summed E-state index contributed by atoms with van der Waals surface area (Å²) in [7, 11) is 0. The second-order valence-electron chi connectivity index (χ2n) is 2.30. The van der Waals surface area contributed by atoms with Crippen molar-refractivity contribution in [2.24, 2.45) is 0 Å². The number of hydrogen-bond donors (Lipinski definition) is 1. The molecule has 0 saturated heterocycles. The molecule has 0 fully saturated rings. The van der Waals surface area contributed by atoms with E-state index in [1.54, 1.807) is 0 Å². The summed E-state index contributed by atoms with van der Waals surface area (Å²) in [6.07, 6.45) is 8.10. The van der Waals surface area contributed by atoms with Gasteiger partial charge in [-0.15, -0.1) is 0 Å². The van der Waals surface area contributed by atoms with Crippen LogP contribution in [0.15, 0.2) is 0 Å². The Labute approximate surface area is 58.1 Å². The summed E-state index contributed by atoms with van der Waals surface area (Å²) < 4.78 is 0. The highest BCUT2D eigenvalue weighted by Crippen LogP contribution is 2.02. The molecule has 1 N–H and O–H groups in total. The summed E-state index contributed by atoms with van der Waals surface area (Å²) in [5, 5.41) is 8.39. The van der Waals surface area contributed by atoms with E-state index in [4.69, 9.17) is 5.11 Å². The Bertz CT molecular complexity index is 37.8. The molecule has 1 heteroatoms. The van der Waals surface area contributed by atoms with E-state index in [-0.39, 0.29) is 0 Å². The summed E-state index contributed by atoms with van der Waals surface area (Å²) in [4.78, 5) is 0. The van der Waals surface area contributed by atoms with E-state index in [0.29, 0.717) is 6.61 Å². The van der Waals surface area contributed by atoms with E-state index >= 15 is 0 Å². The first-order valence-electron chi connectivity index (χ1n) is 3.84. The first-order valence-corrected chi connectivity index (χ1v) is 3.84. The van der Waals surface area contributed by atoms with Crippen molar-refractivity contribution >= 4 is 0 Å². The van der Waals surface area contributed by atoms with Crippen LogP contribution in [0.1, 0.15) is 39.0 Å². The van der Waals surface area contributed by atoms with Crippen LogP contribution < -0.4 is 0 Å². The lowest BCUT2D eigenvalue weighted by Gasteiger charge is -1.95. The quantitative estimate of drug-likeness (QED) is 0.545. The fourth-order valence-corrected chi connectivity index (χ4v) is 0.774. The maximum Gasteiger partial charge on any atom is 0.0433 e. The summed E-state index contributed by atoms with van der Waals surface area (Å²) in [6.45, 7) is 2.51. The highest BCUT2D eigenvalue weighted by molar-refractivity contribution is 4.62. The third kappa shape index (κ3) is 7.96. The fourth-order valence-electron chi connectivity index (χ4n) is 0.774. The normalized spacial score (nSPS) is 10.0. The van der Waals surface area contributed by atoms with Crippen LogP contribution >= 0.6 is 0 Å². The molecule has 1 nitrogen and oxygen atoms in total. The Balaban J connectivity index is 2.60. The number of aliphatic hydroxyl groups excluding tert-OH is 1. The van der Waals surface area contributed by atoms with Gasteiger partial charge in [-0.3, -0.25) is 0 Å². The Kier molecular flexibility index (Phi) is 7.92. The standard InChI is InChI=1S/C8H17O/c1-2-3-4-5-6-7-8-9/h6,9H,2-5,7-8H2,1H3. The Hall–Kier alpha value is -0.0400. The summed E-state index contributed by atoms with van der Waals surface area (Å²) in [5.41, 5.74) is 0. The second-order valence-corrected chi connectivity index (χ2v) is 2.30. The van der Waals surface area contributed by atoms with Gasteiger partial charge in [-0.05, 0) is 12.8 Å². The van der Waals surface area contributed by atoms with Gasteiger partial charge < -0.3 is 5.11 Å². The summed E-state index contributed by atoms with van der Waals surface area (Å²) in [6, 6.07) is 0. The smallest absolute Gasteiger partial charge is 0.0433 e. The van der Waals surface area contributed by atoms with Crippen molar-refractivity contribution in [3.8, 4) is 0 Å². The molecule has 0 aromatic carbocycles. The topological polar surface area (TPSA) is 20.2 Å². The number of hydrogen-bond acceptors (Lipinski definition) is 1. The zero-order chi connectivity index (χ0) is 6.95. The van der Waals surface area contributed by atoms with Crippen LogP contribution in [0.3, 0.4) is 0 Å². The molecule has 0 rings (SSSR count). The van der Waals surface area contributed by atoms with Crippen molar-refractivity contribution < 1.29 is 5.11 Å². The van der Waals surface area contributed by atoms with Crippen LogP contribution in [0, 0.1) is 6.42 Å². The molecule has 0 atom stereocenters. The SMILES string of the molecule is CCCCC[CH]CCO. The van der Waals surface area contributed by atoms with E-state index in [1.165, 1.54) is 25.7 Å². The Morgan fingerprint density at radius 1 is 1.22 bits per heavy atom.